The lowest BCUT2D eigenvalue weighted by molar-refractivity contribution is -0.125. The summed E-state index contributed by atoms with van der Waals surface area (Å²) in [6.07, 6.45) is 1.59. The zero-order chi connectivity index (χ0) is 22.2. The highest BCUT2D eigenvalue weighted by Crippen LogP contribution is 2.29. The fourth-order valence-electron chi connectivity index (χ4n) is 3.87. The standard InChI is InChI=1S/C25H28N4O3/c1-31-23-10-6-5-9-21(23)22-11-12-24(28-27-22)29-16-13-19(14-17-29)25(30)26-15-18-32-20-7-3-2-4-8-20/h2-12,19H,13-18H2,1H3,(H,26,30). The first-order valence-corrected chi connectivity index (χ1v) is 10.9. The zero-order valence-corrected chi connectivity index (χ0v) is 18.2. The van der Waals surface area contributed by atoms with Gasteiger partial charge in [-0.25, -0.2) is 0 Å². The molecule has 1 aromatic heterocycles. The number of ether oxygens (including phenoxy) is 2. The first kappa shape index (κ1) is 21.6. The molecule has 0 unspecified atom stereocenters. The molecule has 2 heterocycles. The van der Waals surface area contributed by atoms with Crippen LogP contribution in [0.25, 0.3) is 11.3 Å². The lowest BCUT2D eigenvalue weighted by Gasteiger charge is -2.31. The van der Waals surface area contributed by atoms with Crippen LogP contribution in [0.15, 0.2) is 66.7 Å². The second-order valence-electron chi connectivity index (χ2n) is 7.69. The van der Waals surface area contributed by atoms with Gasteiger partial charge in [0.1, 0.15) is 18.1 Å². The van der Waals surface area contributed by atoms with Crippen LogP contribution in [0.3, 0.4) is 0 Å². The summed E-state index contributed by atoms with van der Waals surface area (Å²) in [6.45, 7) is 2.52. The second kappa shape index (κ2) is 10.6. The average Bonchev–Trinajstić information content (AvgIpc) is 2.87. The lowest BCUT2D eigenvalue weighted by atomic mass is 9.96. The molecule has 1 amide bonds. The zero-order valence-electron chi connectivity index (χ0n) is 18.2. The van der Waals surface area contributed by atoms with Crippen molar-refractivity contribution in [2.45, 2.75) is 12.8 Å². The number of amides is 1. The van der Waals surface area contributed by atoms with E-state index in [-0.39, 0.29) is 11.8 Å². The van der Waals surface area contributed by atoms with Crippen molar-refractivity contribution < 1.29 is 14.3 Å². The van der Waals surface area contributed by atoms with E-state index >= 15 is 0 Å². The van der Waals surface area contributed by atoms with Gasteiger partial charge in [-0.2, -0.15) is 0 Å². The van der Waals surface area contributed by atoms with Gasteiger partial charge in [0.25, 0.3) is 0 Å². The van der Waals surface area contributed by atoms with E-state index in [0.717, 1.165) is 54.5 Å². The largest absolute Gasteiger partial charge is 0.496 e. The highest BCUT2D eigenvalue weighted by Gasteiger charge is 2.25. The van der Waals surface area contributed by atoms with Crippen molar-refractivity contribution in [1.29, 1.82) is 0 Å². The van der Waals surface area contributed by atoms with E-state index in [0.29, 0.717) is 13.2 Å². The number of carbonyl (C=O) groups excluding carboxylic acids is 1. The predicted octanol–water partition coefficient (Wildman–Crippen LogP) is 3.56. The van der Waals surface area contributed by atoms with Crippen molar-refractivity contribution in [3.63, 3.8) is 0 Å². The number of hydrogen-bond acceptors (Lipinski definition) is 6. The van der Waals surface area contributed by atoms with E-state index in [1.54, 1.807) is 7.11 Å². The number of anilines is 1. The number of aromatic nitrogens is 2. The number of nitrogens with one attached hydrogen (secondary N) is 1. The van der Waals surface area contributed by atoms with Gasteiger partial charge in [-0.3, -0.25) is 4.79 Å². The summed E-state index contributed by atoms with van der Waals surface area (Å²) in [5.41, 5.74) is 1.69. The molecule has 4 rings (SSSR count). The monoisotopic (exact) mass is 432 g/mol. The molecule has 3 aromatic rings. The number of nitrogens with zero attached hydrogens (tertiary/aromatic N) is 3. The summed E-state index contributed by atoms with van der Waals surface area (Å²) in [6, 6.07) is 21.3. The summed E-state index contributed by atoms with van der Waals surface area (Å²) in [5, 5.41) is 11.8. The minimum atomic E-state index is 0.0174. The topological polar surface area (TPSA) is 76.6 Å². The third-order valence-corrected chi connectivity index (χ3v) is 5.64. The Balaban J connectivity index is 1.24. The van der Waals surface area contributed by atoms with Crippen molar-refractivity contribution in [2.24, 2.45) is 5.92 Å². The Morgan fingerprint density at radius 1 is 1.00 bits per heavy atom. The summed E-state index contributed by atoms with van der Waals surface area (Å²) < 4.78 is 11.0. The van der Waals surface area contributed by atoms with Gasteiger partial charge in [0.2, 0.25) is 5.91 Å². The molecular formula is C25H28N4O3. The fraction of sp³-hybridized carbons (Fsp3) is 0.320. The van der Waals surface area contributed by atoms with Gasteiger partial charge in [0.15, 0.2) is 5.82 Å². The normalized spacial score (nSPS) is 14.1. The van der Waals surface area contributed by atoms with Crippen LogP contribution in [0.2, 0.25) is 0 Å². The Bertz CT molecular complexity index is 1000. The molecule has 1 aliphatic heterocycles. The Morgan fingerprint density at radius 3 is 2.47 bits per heavy atom. The van der Waals surface area contributed by atoms with Crippen LogP contribution in [-0.2, 0) is 4.79 Å². The summed E-state index contributed by atoms with van der Waals surface area (Å²) in [4.78, 5) is 14.7. The third-order valence-electron chi connectivity index (χ3n) is 5.64. The molecule has 2 aromatic carbocycles. The summed E-state index contributed by atoms with van der Waals surface area (Å²) in [5.74, 6) is 2.53. The Kier molecular flexibility index (Phi) is 7.17. The van der Waals surface area contributed by atoms with E-state index in [1.165, 1.54) is 0 Å². The molecule has 0 aliphatic carbocycles. The number of carbonyl (C=O) groups is 1. The van der Waals surface area contributed by atoms with Gasteiger partial charge in [0, 0.05) is 24.6 Å². The highest BCUT2D eigenvalue weighted by molar-refractivity contribution is 5.79. The highest BCUT2D eigenvalue weighted by atomic mass is 16.5. The maximum atomic E-state index is 12.5. The van der Waals surface area contributed by atoms with Crippen molar-refractivity contribution in [2.75, 3.05) is 38.3 Å². The lowest BCUT2D eigenvalue weighted by Crippen LogP contribution is -2.41. The maximum absolute atomic E-state index is 12.5. The number of rotatable bonds is 8. The first-order chi connectivity index (χ1) is 15.7. The smallest absolute Gasteiger partial charge is 0.223 e. The van der Waals surface area contributed by atoms with Gasteiger partial charge in [0.05, 0.1) is 19.3 Å². The van der Waals surface area contributed by atoms with Gasteiger partial charge >= 0.3 is 0 Å². The molecule has 1 N–H and O–H groups in total. The molecule has 1 aliphatic rings. The van der Waals surface area contributed by atoms with E-state index in [2.05, 4.69) is 20.4 Å². The van der Waals surface area contributed by atoms with Crippen molar-refractivity contribution in [3.8, 4) is 22.8 Å². The molecular weight excluding hydrogens is 404 g/mol. The second-order valence-corrected chi connectivity index (χ2v) is 7.69. The quantitative estimate of drug-likeness (QED) is 0.549. The van der Waals surface area contributed by atoms with Crippen LogP contribution in [0, 0.1) is 5.92 Å². The van der Waals surface area contributed by atoms with E-state index < -0.39 is 0 Å². The molecule has 0 radical (unpaired) electrons. The molecule has 0 spiro atoms. The molecule has 0 saturated carbocycles. The molecule has 7 heteroatoms. The van der Waals surface area contributed by atoms with E-state index in [9.17, 15) is 4.79 Å². The Labute approximate surface area is 188 Å². The van der Waals surface area contributed by atoms with Crippen LogP contribution >= 0.6 is 0 Å². The molecule has 0 bridgehead atoms. The Morgan fingerprint density at radius 2 is 1.75 bits per heavy atom. The van der Waals surface area contributed by atoms with Gasteiger partial charge < -0.3 is 19.7 Å². The fourth-order valence-corrected chi connectivity index (χ4v) is 3.87. The minimum absolute atomic E-state index is 0.0174. The van der Waals surface area contributed by atoms with Crippen molar-refractivity contribution in [1.82, 2.24) is 15.5 Å². The molecule has 32 heavy (non-hydrogen) atoms. The van der Waals surface area contributed by atoms with Crippen molar-refractivity contribution >= 4 is 11.7 Å². The number of para-hydroxylation sites is 2. The van der Waals surface area contributed by atoms with Crippen LogP contribution in [-0.4, -0.2) is 49.5 Å². The SMILES string of the molecule is COc1ccccc1-c1ccc(N2CCC(C(=O)NCCOc3ccccc3)CC2)nn1. The third kappa shape index (κ3) is 5.35. The first-order valence-electron chi connectivity index (χ1n) is 10.9. The number of benzene rings is 2. The Hall–Kier alpha value is -3.61. The number of methoxy groups -OCH3 is 1. The maximum Gasteiger partial charge on any atom is 0.223 e. The molecule has 7 nitrogen and oxygen atoms in total. The van der Waals surface area contributed by atoms with Crippen molar-refractivity contribution in [3.05, 3.63) is 66.7 Å². The molecule has 0 atom stereocenters. The van der Waals surface area contributed by atoms with Crippen LogP contribution in [0.4, 0.5) is 5.82 Å². The van der Waals surface area contributed by atoms with Crippen LogP contribution in [0.5, 0.6) is 11.5 Å². The van der Waals surface area contributed by atoms with Gasteiger partial charge in [-0.1, -0.05) is 30.3 Å². The van der Waals surface area contributed by atoms with Crippen LogP contribution in [0.1, 0.15) is 12.8 Å². The predicted molar refractivity (Wildman–Crippen MR) is 124 cm³/mol. The number of piperidine rings is 1. The van der Waals surface area contributed by atoms with Gasteiger partial charge in [-0.05, 0) is 49.2 Å². The van der Waals surface area contributed by atoms with Gasteiger partial charge in [-0.15, -0.1) is 10.2 Å². The molecule has 166 valence electrons. The molecule has 1 saturated heterocycles. The average molecular weight is 433 g/mol. The summed E-state index contributed by atoms with van der Waals surface area (Å²) in [7, 11) is 1.65. The van der Waals surface area contributed by atoms with E-state index in [1.807, 2.05) is 66.7 Å². The molecule has 1 fully saturated rings. The van der Waals surface area contributed by atoms with E-state index in [4.69, 9.17) is 9.47 Å². The number of hydrogen-bond donors (Lipinski definition) is 1. The summed E-state index contributed by atoms with van der Waals surface area (Å²) >= 11 is 0. The minimum Gasteiger partial charge on any atom is -0.496 e. The van der Waals surface area contributed by atoms with Crippen LogP contribution < -0.4 is 19.7 Å².